The lowest BCUT2D eigenvalue weighted by atomic mass is 10.0. The molecule has 2 unspecified atom stereocenters. The summed E-state index contributed by atoms with van der Waals surface area (Å²) < 4.78 is 40.9. The summed E-state index contributed by atoms with van der Waals surface area (Å²) in [5.41, 5.74) is 8.82. The van der Waals surface area contributed by atoms with Crippen LogP contribution < -0.4 is 25.8 Å². The normalized spacial score (nSPS) is 17.9. The molecule has 50 heavy (non-hydrogen) atoms. The number of sulfonamides is 1. The van der Waals surface area contributed by atoms with Crippen LogP contribution in [0.15, 0.2) is 102 Å². The first kappa shape index (κ1) is 37.5. The molecule has 2 aliphatic rings. The van der Waals surface area contributed by atoms with Gasteiger partial charge in [-0.1, -0.05) is 78.4 Å². The van der Waals surface area contributed by atoms with Crippen LogP contribution >= 0.6 is 0 Å². The van der Waals surface area contributed by atoms with Crippen LogP contribution in [0, 0.1) is 10.8 Å². The Morgan fingerprint density at radius 1 is 0.940 bits per heavy atom. The molecule has 13 heteroatoms. The van der Waals surface area contributed by atoms with Gasteiger partial charge in [0.15, 0.2) is 0 Å². The monoisotopic (exact) mass is 700 g/mol. The number of amidine groups is 1. The Kier molecular flexibility index (Phi) is 13.9. The lowest BCUT2D eigenvalue weighted by Gasteiger charge is -2.24. The first-order valence-electron chi connectivity index (χ1n) is 16.3. The van der Waals surface area contributed by atoms with Crippen LogP contribution in [0.5, 0.6) is 5.75 Å². The Balaban J connectivity index is 1.63. The molecule has 0 aliphatic carbocycles. The van der Waals surface area contributed by atoms with Gasteiger partial charge in [0.05, 0.1) is 25.2 Å². The number of nitrogens with two attached hydrogens (primary N) is 1. The van der Waals surface area contributed by atoms with Gasteiger partial charge in [0.2, 0.25) is 21.8 Å². The molecule has 2 atom stereocenters. The van der Waals surface area contributed by atoms with Crippen LogP contribution in [0.25, 0.3) is 0 Å². The molecule has 0 saturated carbocycles. The van der Waals surface area contributed by atoms with E-state index in [-0.39, 0.29) is 31.0 Å². The van der Waals surface area contributed by atoms with Crippen LogP contribution in [0.2, 0.25) is 0 Å². The number of carbonyl (C=O) groups is 2. The van der Waals surface area contributed by atoms with E-state index in [9.17, 15) is 18.0 Å². The molecule has 0 radical (unpaired) electrons. The molecule has 3 aromatic rings. The predicted octanol–water partition coefficient (Wildman–Crippen LogP) is 3.86. The third-order valence-corrected chi connectivity index (χ3v) is 9.20. The Labute approximate surface area is 293 Å². The molecule has 12 nitrogen and oxygen atoms in total. The number of rotatable bonds is 9. The molecule has 0 spiro atoms. The molecule has 264 valence electrons. The van der Waals surface area contributed by atoms with Crippen LogP contribution in [0.1, 0.15) is 48.4 Å². The highest BCUT2D eigenvalue weighted by Crippen LogP contribution is 2.16. The highest BCUT2D eigenvalue weighted by atomic mass is 32.2. The van der Waals surface area contributed by atoms with E-state index in [0.29, 0.717) is 53.4 Å². The van der Waals surface area contributed by atoms with Crippen molar-refractivity contribution in [3.05, 3.63) is 125 Å². The summed E-state index contributed by atoms with van der Waals surface area (Å²) in [4.78, 5) is 27.6. The fourth-order valence-electron chi connectivity index (χ4n) is 5.13. The highest BCUT2D eigenvalue weighted by Gasteiger charge is 2.29. The Hall–Kier alpha value is -5.27. The third-order valence-electron chi connectivity index (χ3n) is 7.84. The molecule has 2 bridgehead atoms. The molecule has 7 N–H and O–H groups in total. The summed E-state index contributed by atoms with van der Waals surface area (Å²) in [5, 5.41) is 21.0. The second-order valence-electron chi connectivity index (χ2n) is 12.0. The van der Waals surface area contributed by atoms with E-state index in [1.54, 1.807) is 97.9 Å². The molecule has 5 rings (SSSR count). The first-order valence-corrected chi connectivity index (χ1v) is 17.9. The maximum Gasteiger partial charge on any atom is 0.243 e. The van der Waals surface area contributed by atoms with Gasteiger partial charge in [-0.05, 0) is 67.5 Å². The zero-order valence-electron chi connectivity index (χ0n) is 28.0. The highest BCUT2D eigenvalue weighted by molar-refractivity contribution is 7.88. The number of allylic oxidation sites excluding steroid dienone is 3. The van der Waals surface area contributed by atoms with Crippen LogP contribution in [-0.2, 0) is 43.1 Å². The number of benzene rings is 3. The van der Waals surface area contributed by atoms with E-state index >= 15 is 0 Å². The van der Waals surface area contributed by atoms with Crippen molar-refractivity contribution < 1.29 is 27.5 Å². The largest absolute Gasteiger partial charge is 0.494 e. The van der Waals surface area contributed by atoms with E-state index in [1.807, 2.05) is 0 Å². The zero-order valence-corrected chi connectivity index (χ0v) is 28.8. The number of hydrogen-bond donors (Lipinski definition) is 6. The molecular formula is C37H44N6O6S. The van der Waals surface area contributed by atoms with Crippen LogP contribution in [0.3, 0.4) is 0 Å². The van der Waals surface area contributed by atoms with E-state index in [4.69, 9.17) is 26.0 Å². The molecule has 0 aromatic heterocycles. The van der Waals surface area contributed by atoms with Crippen molar-refractivity contribution in [1.29, 1.82) is 10.8 Å². The number of nitrogens with one attached hydrogen (secondary N) is 5. The average Bonchev–Trinajstić information content (AvgIpc) is 3.10. The minimum absolute atomic E-state index is 0.0224. The van der Waals surface area contributed by atoms with E-state index in [2.05, 4.69) is 15.4 Å². The van der Waals surface area contributed by atoms with Crippen molar-refractivity contribution >= 4 is 33.9 Å². The second-order valence-corrected chi connectivity index (χ2v) is 13.7. The number of hydrogen-bond acceptors (Lipinski definition) is 8. The van der Waals surface area contributed by atoms with Crippen molar-refractivity contribution in [2.45, 2.75) is 57.0 Å². The Morgan fingerprint density at radius 2 is 1.62 bits per heavy atom. The van der Waals surface area contributed by atoms with E-state index in [0.717, 1.165) is 18.2 Å². The Morgan fingerprint density at radius 3 is 2.28 bits per heavy atom. The van der Waals surface area contributed by atoms with Crippen molar-refractivity contribution in [2.75, 3.05) is 13.2 Å². The van der Waals surface area contributed by atoms with Crippen molar-refractivity contribution in [1.82, 2.24) is 15.4 Å². The molecule has 3 aromatic carbocycles. The van der Waals surface area contributed by atoms with Gasteiger partial charge in [-0.25, -0.2) is 13.1 Å². The summed E-state index contributed by atoms with van der Waals surface area (Å²) in [7, 11) is -3.99. The van der Waals surface area contributed by atoms with Gasteiger partial charge in [0, 0.05) is 12.1 Å². The number of carbonyl (C=O) groups excluding carboxylic acids is 2. The molecule has 2 aliphatic heterocycles. The number of amides is 2. The summed E-state index contributed by atoms with van der Waals surface area (Å²) in [6.45, 7) is 2.78. The van der Waals surface area contributed by atoms with Gasteiger partial charge in [-0.3, -0.25) is 15.0 Å². The summed E-state index contributed by atoms with van der Waals surface area (Å²) >= 11 is 0. The average molecular weight is 701 g/mol. The minimum Gasteiger partial charge on any atom is -0.494 e. The second kappa shape index (κ2) is 18.5. The topological polar surface area (TPSA) is 197 Å². The maximum atomic E-state index is 14.0. The third kappa shape index (κ3) is 12.3. The quantitative estimate of drug-likeness (QED) is 0.144. The zero-order chi connectivity index (χ0) is 35.9. The van der Waals surface area contributed by atoms with E-state index in [1.165, 1.54) is 0 Å². The summed E-state index contributed by atoms with van der Waals surface area (Å²) in [5.74, 6) is -0.594. The van der Waals surface area contributed by atoms with Gasteiger partial charge in [0.1, 0.15) is 29.4 Å². The van der Waals surface area contributed by atoms with Gasteiger partial charge >= 0.3 is 0 Å². The lowest BCUT2D eigenvalue weighted by molar-refractivity contribution is -0.129. The smallest absolute Gasteiger partial charge is 0.243 e. The van der Waals surface area contributed by atoms with Gasteiger partial charge in [-0.2, -0.15) is 0 Å². The molecule has 0 fully saturated rings. The standard InChI is InChI=1S/C37H44N6O6S/c1-26-9-16-32(23-38)49-20-6-5-19-48-31-17-12-27(13-18-31)22-34(43-50(46,47)25-29-7-3-2-4-8-29)37(45)42-33(21-26)36(44)41-24-28-10-14-30(15-11-28)35(39)40/h2-4,7-18,23,33-34,38,43H,5-6,19-22,24-25H2,1H3,(H3,39,40)(H,41,44)(H,42,45). The van der Waals surface area contributed by atoms with Crippen LogP contribution in [0.4, 0.5) is 0 Å². The summed E-state index contributed by atoms with van der Waals surface area (Å²) in [6.07, 6.45) is 6.01. The molecule has 2 heterocycles. The van der Waals surface area contributed by atoms with Gasteiger partial charge in [0.25, 0.3) is 0 Å². The molecular weight excluding hydrogens is 657 g/mol. The lowest BCUT2D eigenvalue weighted by Crippen LogP contribution is -2.54. The van der Waals surface area contributed by atoms with E-state index < -0.39 is 33.9 Å². The fourth-order valence-corrected chi connectivity index (χ4v) is 6.47. The predicted molar refractivity (Wildman–Crippen MR) is 193 cm³/mol. The number of fused-ring (bicyclic) bond motifs is 15. The summed E-state index contributed by atoms with van der Waals surface area (Å²) in [6, 6.07) is 20.3. The van der Waals surface area contributed by atoms with Crippen LogP contribution in [-0.4, -0.2) is 57.6 Å². The SMILES string of the molecule is CC1=CC=C(C=N)OCCCCOc2ccc(cc2)CC(NS(=O)(=O)Cc2ccccc2)C(=O)NC(C(=O)NCc2ccc(C(=N)N)cc2)C1. The minimum atomic E-state index is -3.99. The first-order chi connectivity index (χ1) is 24.0. The fraction of sp³-hybridized carbons (Fsp3) is 0.297. The number of ether oxygens (including phenoxy) is 2. The Bertz CT molecular complexity index is 1790. The number of nitrogen functional groups attached to an aromatic ring is 1. The van der Waals surface area contributed by atoms with Gasteiger partial charge in [-0.15, -0.1) is 0 Å². The molecule has 0 saturated heterocycles. The van der Waals surface area contributed by atoms with Crippen molar-refractivity contribution in [3.8, 4) is 5.75 Å². The van der Waals surface area contributed by atoms with Gasteiger partial charge < -0.3 is 31.3 Å². The molecule has 2 amide bonds. The van der Waals surface area contributed by atoms with Crippen molar-refractivity contribution in [3.63, 3.8) is 0 Å². The maximum absolute atomic E-state index is 14.0. The van der Waals surface area contributed by atoms with Crippen molar-refractivity contribution in [2.24, 2.45) is 5.73 Å².